The Bertz CT molecular complexity index is 3610. The van der Waals surface area contributed by atoms with E-state index in [4.69, 9.17) is 19.9 Å². The smallest absolute Gasteiger partial charge is 0.161 e. The van der Waals surface area contributed by atoms with Crippen LogP contribution in [0.3, 0.4) is 0 Å². The van der Waals surface area contributed by atoms with Crippen LogP contribution < -0.4 is 0 Å². The third kappa shape index (κ3) is 6.28. The second kappa shape index (κ2) is 15.1. The monoisotopic (exact) mass is 826 g/mol. The third-order valence-corrected chi connectivity index (χ3v) is 13.9. The highest BCUT2D eigenvalue weighted by Gasteiger charge is 2.23. The Hall–Kier alpha value is -7.64. The van der Waals surface area contributed by atoms with Crippen molar-refractivity contribution in [3.05, 3.63) is 206 Å². The molecule has 0 spiro atoms. The first-order valence-corrected chi connectivity index (χ1v) is 22.3. The van der Waals surface area contributed by atoms with Crippen molar-refractivity contribution in [1.82, 2.24) is 19.9 Å². The summed E-state index contributed by atoms with van der Waals surface area (Å²) < 4.78 is 4.51. The van der Waals surface area contributed by atoms with Gasteiger partial charge in [-0.05, 0) is 45.5 Å². The van der Waals surface area contributed by atoms with Gasteiger partial charge in [0.15, 0.2) is 11.6 Å². The number of thiophene rings is 2. The maximum Gasteiger partial charge on any atom is 0.161 e. The molecule has 12 rings (SSSR count). The molecule has 6 heteroatoms. The Morgan fingerprint density at radius 1 is 0.258 bits per heavy atom. The summed E-state index contributed by atoms with van der Waals surface area (Å²) in [6, 6.07) is 72.5. The van der Waals surface area contributed by atoms with E-state index in [2.05, 4.69) is 200 Å². The summed E-state index contributed by atoms with van der Waals surface area (Å²) in [4.78, 5) is 21.6. The molecular formula is C56H34N4S2. The predicted molar refractivity (Wildman–Crippen MR) is 261 cm³/mol. The number of aromatic nitrogens is 4. The Morgan fingerprint density at radius 2 is 0.645 bits per heavy atom. The molecule has 4 heterocycles. The van der Waals surface area contributed by atoms with Gasteiger partial charge in [-0.3, -0.25) is 0 Å². The van der Waals surface area contributed by atoms with Crippen molar-refractivity contribution in [1.29, 1.82) is 0 Å². The van der Waals surface area contributed by atoms with Gasteiger partial charge in [-0.2, -0.15) is 0 Å². The van der Waals surface area contributed by atoms with Gasteiger partial charge in [0.1, 0.15) is 0 Å². The Kier molecular flexibility index (Phi) is 8.84. The molecule has 4 aromatic heterocycles. The van der Waals surface area contributed by atoms with Gasteiger partial charge in [-0.1, -0.05) is 194 Å². The fraction of sp³-hybridized carbons (Fsp3) is 0. The van der Waals surface area contributed by atoms with Crippen molar-refractivity contribution in [3.8, 4) is 78.7 Å². The Labute approximate surface area is 366 Å². The first-order valence-electron chi connectivity index (χ1n) is 20.6. The van der Waals surface area contributed by atoms with Gasteiger partial charge >= 0.3 is 0 Å². The largest absolute Gasteiger partial charge is 0.226 e. The molecule has 0 saturated heterocycles. The zero-order chi connectivity index (χ0) is 41.0. The molecule has 4 nitrogen and oxygen atoms in total. The molecule has 8 aromatic carbocycles. The molecule has 0 N–H and O–H groups in total. The molecule has 0 fully saturated rings. The fourth-order valence-corrected chi connectivity index (χ4v) is 10.8. The van der Waals surface area contributed by atoms with E-state index < -0.39 is 0 Å². The van der Waals surface area contributed by atoms with E-state index in [1.807, 2.05) is 6.07 Å². The molecule has 0 amide bonds. The highest BCUT2D eigenvalue weighted by atomic mass is 32.1. The van der Waals surface area contributed by atoms with Gasteiger partial charge in [-0.15, -0.1) is 22.7 Å². The normalized spacial score (nSPS) is 11.5. The molecule has 0 aliphatic carbocycles. The van der Waals surface area contributed by atoms with Crippen molar-refractivity contribution in [2.24, 2.45) is 0 Å². The van der Waals surface area contributed by atoms with Gasteiger partial charge < -0.3 is 0 Å². The van der Waals surface area contributed by atoms with Crippen LogP contribution in [-0.4, -0.2) is 19.9 Å². The van der Waals surface area contributed by atoms with E-state index in [0.29, 0.717) is 11.6 Å². The molecule has 0 atom stereocenters. The fourth-order valence-electron chi connectivity index (χ4n) is 8.54. The van der Waals surface area contributed by atoms with Crippen molar-refractivity contribution in [2.75, 3.05) is 0 Å². The van der Waals surface area contributed by atoms with Gasteiger partial charge in [0.05, 0.1) is 31.8 Å². The summed E-state index contributed by atoms with van der Waals surface area (Å²) >= 11 is 3.50. The van der Waals surface area contributed by atoms with Crippen LogP contribution in [0, 0.1) is 0 Å². The highest BCUT2D eigenvalue weighted by Crippen LogP contribution is 2.45. The van der Waals surface area contributed by atoms with E-state index in [1.165, 1.54) is 26.1 Å². The molecule has 0 aliphatic heterocycles. The molecule has 0 unspecified atom stereocenters. The Morgan fingerprint density at radius 3 is 1.23 bits per heavy atom. The highest BCUT2D eigenvalue weighted by molar-refractivity contribution is 7.26. The van der Waals surface area contributed by atoms with E-state index in [0.717, 1.165) is 81.5 Å². The van der Waals surface area contributed by atoms with Crippen LogP contribution in [0.1, 0.15) is 0 Å². The molecule has 62 heavy (non-hydrogen) atoms. The second-order valence-corrected chi connectivity index (χ2v) is 17.4. The van der Waals surface area contributed by atoms with Crippen molar-refractivity contribution < 1.29 is 0 Å². The molecular weight excluding hydrogens is 793 g/mol. The van der Waals surface area contributed by atoms with Crippen molar-refractivity contribution >= 4 is 63.3 Å². The summed E-state index contributed by atoms with van der Waals surface area (Å²) in [7, 11) is 0. The summed E-state index contributed by atoms with van der Waals surface area (Å²) in [5.41, 5.74) is 14.5. The first-order chi connectivity index (χ1) is 30.7. The van der Waals surface area contributed by atoms with Crippen molar-refractivity contribution in [2.45, 2.75) is 0 Å². The standard InChI is InChI=1S/C56H34N4S2/c1-3-15-35(16-4-1)37-27-31-39(32-28-37)49-53-51(45-23-11-13-25-47(45)61-53)60-56(57-49)44-22-10-8-20-42(44)41-19-7-9-21-43(41)50-54-52(46-24-12-14-26-48(46)62-54)59-55(58-50)40-33-29-38(30-34-40)36-17-5-2-6-18-36/h1-34H. The maximum atomic E-state index is 5.46. The number of benzene rings is 8. The van der Waals surface area contributed by atoms with Crippen LogP contribution in [0.2, 0.25) is 0 Å². The quantitative estimate of drug-likeness (QED) is 0.161. The molecule has 0 bridgehead atoms. The Balaban J connectivity index is 1.04. The van der Waals surface area contributed by atoms with Crippen LogP contribution >= 0.6 is 22.7 Å². The molecule has 290 valence electrons. The second-order valence-electron chi connectivity index (χ2n) is 15.3. The molecule has 12 aromatic rings. The number of rotatable bonds is 7. The summed E-state index contributed by atoms with van der Waals surface area (Å²) in [6.07, 6.45) is 0. The van der Waals surface area contributed by atoms with Gasteiger partial charge in [0.2, 0.25) is 0 Å². The number of nitrogens with zero attached hydrogens (tertiary/aromatic N) is 4. The lowest BCUT2D eigenvalue weighted by atomic mass is 9.93. The van der Waals surface area contributed by atoms with Crippen LogP contribution in [0.4, 0.5) is 0 Å². The SMILES string of the molecule is c1ccc(-c2ccc(-c3nc(-c4ccccc4-c4ccccc4-c4nc(-c5ccc(-c6ccccc6)cc5)c5sc6ccccc6c5n4)c4sc5ccccc5c4n3)cc2)cc1. The van der Waals surface area contributed by atoms with Crippen molar-refractivity contribution in [3.63, 3.8) is 0 Å². The number of hydrogen-bond acceptors (Lipinski definition) is 6. The third-order valence-electron chi connectivity index (χ3n) is 11.6. The van der Waals surface area contributed by atoms with E-state index >= 15 is 0 Å². The minimum atomic E-state index is 0.683. The first kappa shape index (κ1) is 36.2. The van der Waals surface area contributed by atoms with Gasteiger partial charge in [0, 0.05) is 42.4 Å². The van der Waals surface area contributed by atoms with Crippen LogP contribution in [0.5, 0.6) is 0 Å². The van der Waals surface area contributed by atoms with E-state index in [-0.39, 0.29) is 0 Å². The molecule has 0 radical (unpaired) electrons. The minimum absolute atomic E-state index is 0.683. The zero-order valence-corrected chi connectivity index (χ0v) is 34.9. The summed E-state index contributed by atoms with van der Waals surface area (Å²) in [6.45, 7) is 0. The van der Waals surface area contributed by atoms with Crippen LogP contribution in [0.25, 0.3) is 119 Å². The topological polar surface area (TPSA) is 51.6 Å². The van der Waals surface area contributed by atoms with Crippen LogP contribution in [-0.2, 0) is 0 Å². The summed E-state index contributed by atoms with van der Waals surface area (Å²) in [5, 5.41) is 2.26. The number of fused-ring (bicyclic) bond motifs is 6. The zero-order valence-electron chi connectivity index (χ0n) is 33.2. The average molecular weight is 827 g/mol. The van der Waals surface area contributed by atoms with Gasteiger partial charge in [-0.25, -0.2) is 19.9 Å². The van der Waals surface area contributed by atoms with E-state index in [9.17, 15) is 0 Å². The lowest BCUT2D eigenvalue weighted by Gasteiger charge is -2.15. The number of hydrogen-bond donors (Lipinski definition) is 0. The maximum absolute atomic E-state index is 5.46. The van der Waals surface area contributed by atoms with Gasteiger partial charge in [0.25, 0.3) is 0 Å². The lowest BCUT2D eigenvalue weighted by Crippen LogP contribution is -1.98. The summed E-state index contributed by atoms with van der Waals surface area (Å²) in [5.74, 6) is 1.38. The lowest BCUT2D eigenvalue weighted by molar-refractivity contribution is 1.23. The molecule has 0 saturated carbocycles. The minimum Gasteiger partial charge on any atom is -0.226 e. The van der Waals surface area contributed by atoms with Crippen LogP contribution in [0.15, 0.2) is 206 Å². The average Bonchev–Trinajstić information content (AvgIpc) is 3.93. The molecule has 0 aliphatic rings. The van der Waals surface area contributed by atoms with E-state index in [1.54, 1.807) is 22.7 Å². The predicted octanol–water partition coefficient (Wildman–Crippen LogP) is 15.7.